The molecule has 8 heteroatoms. The molecule has 0 aliphatic carbocycles. The molecule has 0 spiro atoms. The summed E-state index contributed by atoms with van der Waals surface area (Å²) in [7, 11) is 1.29. The molecule has 0 aromatic carbocycles. The molecule has 0 fully saturated rings. The van der Waals surface area contributed by atoms with E-state index >= 15 is 0 Å². The number of hydrogen-bond donors (Lipinski definition) is 6. The highest BCUT2D eigenvalue weighted by Gasteiger charge is 2.23. The molecule has 0 aromatic heterocycles. The first kappa shape index (κ1) is 19.4. The molecule has 0 aliphatic rings. The van der Waals surface area contributed by atoms with E-state index in [1.54, 1.807) is 0 Å². The molecule has 106 valence electrons. The Kier molecular flexibility index (Phi) is 16.0. The Bertz CT molecular complexity index is 146. The number of halogens is 1. The summed E-state index contributed by atoms with van der Waals surface area (Å²) in [4.78, 5) is 0. The minimum absolute atomic E-state index is 0.381. The van der Waals surface area contributed by atoms with Gasteiger partial charge >= 0.3 is 0 Å². The smallest absolute Gasteiger partial charge is 0.249 e. The van der Waals surface area contributed by atoms with Gasteiger partial charge in [0.1, 0.15) is 6.61 Å². The minimum atomic E-state index is -1.64. The number of alkyl halides is 1. The zero-order chi connectivity index (χ0) is 13.6. The summed E-state index contributed by atoms with van der Waals surface area (Å²) >= 11 is 5.33. The van der Waals surface area contributed by atoms with Crippen molar-refractivity contribution in [1.82, 2.24) is 10.6 Å². The Morgan fingerprint density at radius 2 is 1.82 bits per heavy atom. The molecule has 0 aromatic rings. The minimum Gasteiger partial charge on any atom is -0.389 e. The molecule has 0 saturated heterocycles. The van der Waals surface area contributed by atoms with Crippen LogP contribution in [0.5, 0.6) is 0 Å². The summed E-state index contributed by atoms with van der Waals surface area (Å²) in [6.45, 7) is 2.70. The maximum atomic E-state index is 9.12. The van der Waals surface area contributed by atoms with Crippen LogP contribution >= 0.6 is 11.6 Å². The van der Waals surface area contributed by atoms with E-state index in [4.69, 9.17) is 33.3 Å². The van der Waals surface area contributed by atoms with Crippen molar-refractivity contribution < 1.29 is 14.9 Å². The first-order valence-electron chi connectivity index (χ1n) is 5.40. The Hall–Kier alpha value is 0.01000. The van der Waals surface area contributed by atoms with Gasteiger partial charge in [-0.3, -0.25) is 5.32 Å². The monoisotopic (exact) mass is 272 g/mol. The Morgan fingerprint density at radius 3 is 2.18 bits per heavy atom. The van der Waals surface area contributed by atoms with E-state index in [9.17, 15) is 0 Å². The largest absolute Gasteiger partial charge is 0.389 e. The molecule has 0 rings (SSSR count). The van der Waals surface area contributed by atoms with E-state index < -0.39 is 12.5 Å². The molecule has 0 bridgehead atoms. The van der Waals surface area contributed by atoms with Gasteiger partial charge in [-0.05, 0) is 0 Å². The van der Waals surface area contributed by atoms with Gasteiger partial charge in [0.25, 0.3) is 0 Å². The number of nitrogens with one attached hydrogen (secondary N) is 2. The SMILES string of the molecule is COC(O)(CO)NCCN.NCCNCCCl. The van der Waals surface area contributed by atoms with Crippen molar-refractivity contribution in [3.05, 3.63) is 0 Å². The van der Waals surface area contributed by atoms with Crippen molar-refractivity contribution in [3.8, 4) is 0 Å². The van der Waals surface area contributed by atoms with Crippen LogP contribution in [0.2, 0.25) is 0 Å². The predicted molar refractivity (Wildman–Crippen MR) is 68.7 cm³/mol. The highest BCUT2D eigenvalue weighted by atomic mass is 35.5. The van der Waals surface area contributed by atoms with Crippen LogP contribution in [0.25, 0.3) is 0 Å². The Morgan fingerprint density at radius 1 is 1.24 bits per heavy atom. The summed E-state index contributed by atoms with van der Waals surface area (Å²) in [5.41, 5.74) is 10.3. The van der Waals surface area contributed by atoms with Gasteiger partial charge in [-0.1, -0.05) is 0 Å². The van der Waals surface area contributed by atoms with Crippen LogP contribution in [0.4, 0.5) is 0 Å². The van der Waals surface area contributed by atoms with Crippen molar-refractivity contribution >= 4 is 11.6 Å². The Labute approximate surface area is 107 Å². The molecular weight excluding hydrogens is 248 g/mol. The number of hydrogen-bond acceptors (Lipinski definition) is 7. The standard InChI is InChI=1S/C5H14N2O3.C4H11ClN2/c1-10-5(9,4-8)7-3-2-6;5-1-3-7-4-2-6/h7-9H,2-4,6H2,1H3;7H,1-4,6H2. The lowest BCUT2D eigenvalue weighted by atomic mass is 10.5. The quantitative estimate of drug-likeness (QED) is 0.157. The molecule has 17 heavy (non-hydrogen) atoms. The summed E-state index contributed by atoms with van der Waals surface area (Å²) in [5, 5.41) is 23.2. The number of methoxy groups -OCH3 is 1. The third-order valence-corrected chi connectivity index (χ3v) is 1.88. The van der Waals surface area contributed by atoms with E-state index in [0.717, 1.165) is 13.1 Å². The molecule has 7 nitrogen and oxygen atoms in total. The molecule has 0 aliphatic heterocycles. The number of aliphatic hydroxyl groups is 2. The summed E-state index contributed by atoms with van der Waals surface area (Å²) in [6.07, 6.45) is 0. The van der Waals surface area contributed by atoms with Gasteiger partial charge in [0, 0.05) is 45.7 Å². The van der Waals surface area contributed by atoms with Crippen LogP contribution < -0.4 is 22.1 Å². The van der Waals surface area contributed by atoms with Crippen molar-refractivity contribution in [3.63, 3.8) is 0 Å². The molecule has 0 amide bonds. The molecule has 1 unspecified atom stereocenters. The predicted octanol–water partition coefficient (Wildman–Crippen LogP) is -2.41. The highest BCUT2D eigenvalue weighted by Crippen LogP contribution is 1.96. The van der Waals surface area contributed by atoms with E-state index in [0.29, 0.717) is 25.5 Å². The van der Waals surface area contributed by atoms with Gasteiger partial charge < -0.3 is 31.7 Å². The lowest BCUT2D eigenvalue weighted by Crippen LogP contribution is -2.51. The maximum absolute atomic E-state index is 9.12. The van der Waals surface area contributed by atoms with Crippen LogP contribution in [0.1, 0.15) is 0 Å². The van der Waals surface area contributed by atoms with E-state index in [1.807, 2.05) is 0 Å². The fourth-order valence-electron chi connectivity index (χ4n) is 0.754. The molecule has 0 radical (unpaired) electrons. The lowest BCUT2D eigenvalue weighted by Gasteiger charge is -2.24. The summed E-state index contributed by atoms with van der Waals surface area (Å²) < 4.78 is 4.53. The second-order valence-electron chi connectivity index (χ2n) is 3.09. The first-order chi connectivity index (χ1) is 8.10. The third kappa shape index (κ3) is 13.9. The lowest BCUT2D eigenvalue weighted by molar-refractivity contribution is -0.228. The number of aliphatic hydroxyl groups excluding tert-OH is 1. The molecule has 1 atom stereocenters. The maximum Gasteiger partial charge on any atom is 0.249 e. The number of ether oxygens (including phenoxy) is 1. The first-order valence-corrected chi connectivity index (χ1v) is 5.93. The van der Waals surface area contributed by atoms with Crippen molar-refractivity contribution in [2.45, 2.75) is 5.91 Å². The number of rotatable bonds is 9. The topological polar surface area (TPSA) is 126 Å². The van der Waals surface area contributed by atoms with Gasteiger partial charge in [-0.2, -0.15) is 0 Å². The van der Waals surface area contributed by atoms with Gasteiger partial charge in [0.15, 0.2) is 0 Å². The van der Waals surface area contributed by atoms with Gasteiger partial charge in [0.2, 0.25) is 5.91 Å². The van der Waals surface area contributed by atoms with Gasteiger partial charge in [0.05, 0.1) is 0 Å². The average molecular weight is 273 g/mol. The van der Waals surface area contributed by atoms with Gasteiger partial charge in [-0.15, -0.1) is 11.6 Å². The van der Waals surface area contributed by atoms with Crippen molar-refractivity contribution in [2.75, 3.05) is 52.3 Å². The van der Waals surface area contributed by atoms with Crippen molar-refractivity contribution in [1.29, 1.82) is 0 Å². The molecule has 0 heterocycles. The van der Waals surface area contributed by atoms with Crippen LogP contribution in [0.3, 0.4) is 0 Å². The molecular formula is C9H25ClN4O3. The zero-order valence-corrected chi connectivity index (χ0v) is 11.0. The highest BCUT2D eigenvalue weighted by molar-refractivity contribution is 6.18. The van der Waals surface area contributed by atoms with E-state index in [-0.39, 0.29) is 0 Å². The second-order valence-corrected chi connectivity index (χ2v) is 3.47. The summed E-state index contributed by atoms with van der Waals surface area (Å²) in [5.74, 6) is -0.973. The fourth-order valence-corrected chi connectivity index (χ4v) is 0.888. The second kappa shape index (κ2) is 14.1. The average Bonchev–Trinajstić information content (AvgIpc) is 2.37. The van der Waals surface area contributed by atoms with Gasteiger partial charge in [-0.25, -0.2) is 0 Å². The van der Waals surface area contributed by atoms with Crippen LogP contribution in [-0.2, 0) is 4.74 Å². The van der Waals surface area contributed by atoms with Crippen molar-refractivity contribution in [2.24, 2.45) is 11.5 Å². The fraction of sp³-hybridized carbons (Fsp3) is 1.00. The summed E-state index contributed by atoms with van der Waals surface area (Å²) in [6, 6.07) is 0. The van der Waals surface area contributed by atoms with Crippen LogP contribution in [0, 0.1) is 0 Å². The molecule has 0 saturated carbocycles. The van der Waals surface area contributed by atoms with E-state index in [1.165, 1.54) is 7.11 Å². The normalized spacial score (nSPS) is 13.8. The van der Waals surface area contributed by atoms with Crippen LogP contribution in [-0.4, -0.2) is 68.4 Å². The van der Waals surface area contributed by atoms with Crippen LogP contribution in [0.15, 0.2) is 0 Å². The Balaban J connectivity index is 0. The molecule has 8 N–H and O–H groups in total. The number of nitrogens with two attached hydrogens (primary N) is 2. The van der Waals surface area contributed by atoms with E-state index in [2.05, 4.69) is 15.4 Å². The third-order valence-electron chi connectivity index (χ3n) is 1.69. The zero-order valence-electron chi connectivity index (χ0n) is 10.3.